The minimum atomic E-state index is -1.58. The summed E-state index contributed by atoms with van der Waals surface area (Å²) >= 11 is 0. The Morgan fingerprint density at radius 2 is 0.782 bits per heavy atom. The van der Waals surface area contributed by atoms with Crippen LogP contribution < -0.4 is 5.32 Å². The number of allylic oxidation sites excluding steroid dienone is 7. The van der Waals surface area contributed by atoms with Crippen LogP contribution in [0.2, 0.25) is 0 Å². The molecule has 11 nitrogen and oxygen atoms in total. The zero-order valence-corrected chi connectivity index (χ0v) is 56.7. The Morgan fingerprint density at radius 3 is 1.23 bits per heavy atom. The van der Waals surface area contributed by atoms with Crippen molar-refractivity contribution in [2.75, 3.05) is 19.8 Å². The Balaban J connectivity index is 1.90. The highest BCUT2D eigenvalue weighted by Gasteiger charge is 2.44. The van der Waals surface area contributed by atoms with Crippen LogP contribution in [0.1, 0.15) is 361 Å². The maximum Gasteiger partial charge on any atom is 0.305 e. The van der Waals surface area contributed by atoms with Crippen LogP contribution >= 0.6 is 0 Å². The van der Waals surface area contributed by atoms with E-state index in [1.807, 2.05) is 6.08 Å². The van der Waals surface area contributed by atoms with Crippen molar-refractivity contribution in [3.05, 3.63) is 48.6 Å². The molecule has 0 saturated carbocycles. The normalized spacial score (nSPS) is 18.1. The molecule has 11 heteroatoms. The van der Waals surface area contributed by atoms with Crippen molar-refractivity contribution < 1.29 is 49.3 Å². The average Bonchev–Trinajstić information content (AvgIpc) is 3.72. The average molecular weight is 1230 g/mol. The van der Waals surface area contributed by atoms with Crippen molar-refractivity contribution in [1.82, 2.24) is 5.32 Å². The molecule has 0 aromatic carbocycles. The Hall–Kier alpha value is -2.38. The van der Waals surface area contributed by atoms with Crippen LogP contribution in [0.15, 0.2) is 48.6 Å². The third kappa shape index (κ3) is 53.9. The van der Waals surface area contributed by atoms with Gasteiger partial charge in [-0.2, -0.15) is 0 Å². The quantitative estimate of drug-likeness (QED) is 0.0195. The molecule has 7 atom stereocenters. The highest BCUT2D eigenvalue weighted by molar-refractivity contribution is 5.76. The summed E-state index contributed by atoms with van der Waals surface area (Å²) in [7, 11) is 0. The van der Waals surface area contributed by atoms with Gasteiger partial charge in [-0.1, -0.05) is 319 Å². The van der Waals surface area contributed by atoms with Crippen molar-refractivity contribution in [3.63, 3.8) is 0 Å². The van der Waals surface area contributed by atoms with Gasteiger partial charge in [0.1, 0.15) is 24.4 Å². The number of carbonyl (C=O) groups is 2. The van der Waals surface area contributed by atoms with Gasteiger partial charge in [0.25, 0.3) is 0 Å². The van der Waals surface area contributed by atoms with Crippen molar-refractivity contribution in [2.45, 2.75) is 403 Å². The summed E-state index contributed by atoms with van der Waals surface area (Å²) < 4.78 is 16.7. The fourth-order valence-electron chi connectivity index (χ4n) is 11.8. The second-order valence-electron chi connectivity index (χ2n) is 26.0. The van der Waals surface area contributed by atoms with Gasteiger partial charge in [0.2, 0.25) is 5.91 Å². The number of ether oxygens (including phenoxy) is 3. The fourth-order valence-corrected chi connectivity index (χ4v) is 11.8. The Kier molecular flexibility index (Phi) is 61.9. The van der Waals surface area contributed by atoms with Gasteiger partial charge in [-0.3, -0.25) is 9.59 Å². The molecule has 1 aliphatic heterocycles. The number of carbonyl (C=O) groups excluding carboxylic acids is 2. The lowest BCUT2D eigenvalue weighted by Crippen LogP contribution is -2.60. The molecule has 1 saturated heterocycles. The van der Waals surface area contributed by atoms with E-state index in [2.05, 4.69) is 55.6 Å². The van der Waals surface area contributed by atoms with Crippen molar-refractivity contribution in [1.29, 1.82) is 0 Å². The fraction of sp³-hybridized carbons (Fsp3) is 0.868. The van der Waals surface area contributed by atoms with E-state index in [9.17, 15) is 35.1 Å². The van der Waals surface area contributed by atoms with Gasteiger partial charge in [-0.15, -0.1) is 0 Å². The number of aliphatic hydroxyl groups is 5. The van der Waals surface area contributed by atoms with Crippen molar-refractivity contribution in [2.24, 2.45) is 0 Å². The van der Waals surface area contributed by atoms with Crippen LogP contribution in [0, 0.1) is 0 Å². The van der Waals surface area contributed by atoms with Crippen molar-refractivity contribution >= 4 is 11.9 Å². The standard InChI is InChI=1S/C76H141NO10/c1-3-5-7-9-11-13-14-15-16-17-31-35-38-41-44-48-52-56-60-64-72(81)85-65-61-57-53-49-45-42-39-36-33-30-28-26-24-22-20-18-19-21-23-25-27-29-32-34-37-40-43-47-51-55-59-63-71(80)77-68(69(79)62-58-54-50-46-12-10-8-6-4-2)67-86-76-75(84)74(83)73(82)70(66-78)87-76/h12,20,22,26,28,46,58,62,68-70,73-76,78-79,82-84H,3-11,13-19,21,23-25,27,29-45,47-57,59-61,63-67H2,1-2H3,(H,77,80)/b22-20-,28-26-,46-12+,62-58+. The number of esters is 1. The maximum atomic E-state index is 13.0. The van der Waals surface area contributed by atoms with E-state index < -0.39 is 49.5 Å². The van der Waals surface area contributed by atoms with Gasteiger partial charge in [-0.05, 0) is 77.0 Å². The van der Waals surface area contributed by atoms with E-state index in [0.717, 1.165) is 57.8 Å². The highest BCUT2D eigenvalue weighted by atomic mass is 16.7. The first-order chi connectivity index (χ1) is 42.7. The van der Waals surface area contributed by atoms with E-state index in [-0.39, 0.29) is 18.5 Å². The molecule has 0 spiro atoms. The lowest BCUT2D eigenvalue weighted by molar-refractivity contribution is -0.302. The topological polar surface area (TPSA) is 175 Å². The van der Waals surface area contributed by atoms with Gasteiger partial charge in [-0.25, -0.2) is 0 Å². The summed E-state index contributed by atoms with van der Waals surface area (Å²) in [5, 5.41) is 54.3. The van der Waals surface area contributed by atoms with Gasteiger partial charge in [0, 0.05) is 12.8 Å². The number of unbranched alkanes of at least 4 members (excludes halogenated alkanes) is 46. The summed E-state index contributed by atoms with van der Waals surface area (Å²) in [5.74, 6) is -0.183. The molecule has 87 heavy (non-hydrogen) atoms. The molecule has 6 N–H and O–H groups in total. The summed E-state index contributed by atoms with van der Waals surface area (Å²) in [4.78, 5) is 25.1. The molecule has 7 unspecified atom stereocenters. The van der Waals surface area contributed by atoms with E-state index >= 15 is 0 Å². The van der Waals surface area contributed by atoms with Crippen LogP contribution in [0.4, 0.5) is 0 Å². The number of rotatable bonds is 66. The van der Waals surface area contributed by atoms with Gasteiger partial charge in [0.15, 0.2) is 6.29 Å². The highest BCUT2D eigenvalue weighted by Crippen LogP contribution is 2.23. The third-order valence-corrected chi connectivity index (χ3v) is 17.7. The number of nitrogens with one attached hydrogen (secondary N) is 1. The van der Waals surface area contributed by atoms with Crippen LogP contribution in [0.5, 0.6) is 0 Å². The van der Waals surface area contributed by atoms with Crippen molar-refractivity contribution in [3.8, 4) is 0 Å². The molecule has 0 aromatic heterocycles. The smallest absolute Gasteiger partial charge is 0.305 e. The van der Waals surface area contributed by atoms with E-state index in [1.54, 1.807) is 6.08 Å². The summed E-state index contributed by atoms with van der Waals surface area (Å²) in [6, 6.07) is -0.826. The predicted molar refractivity (Wildman–Crippen MR) is 366 cm³/mol. The molecule has 0 aromatic rings. The minimum Gasteiger partial charge on any atom is -0.466 e. The zero-order valence-electron chi connectivity index (χ0n) is 56.7. The Bertz CT molecular complexity index is 1580. The summed E-state index contributed by atoms with van der Waals surface area (Å²) in [6.07, 6.45) is 75.7. The number of hydrogen-bond donors (Lipinski definition) is 6. The first-order valence-electron chi connectivity index (χ1n) is 37.4. The number of hydrogen-bond acceptors (Lipinski definition) is 10. The molecule has 0 aliphatic carbocycles. The maximum absolute atomic E-state index is 13.0. The van der Waals surface area contributed by atoms with Gasteiger partial charge >= 0.3 is 5.97 Å². The lowest BCUT2D eigenvalue weighted by atomic mass is 9.99. The van der Waals surface area contributed by atoms with E-state index in [4.69, 9.17) is 14.2 Å². The molecular formula is C76H141NO10. The molecule has 1 amide bonds. The third-order valence-electron chi connectivity index (χ3n) is 17.7. The lowest BCUT2D eigenvalue weighted by Gasteiger charge is -2.40. The van der Waals surface area contributed by atoms with Crippen LogP contribution in [-0.4, -0.2) is 100 Å². The monoisotopic (exact) mass is 1230 g/mol. The molecule has 510 valence electrons. The molecule has 1 heterocycles. The molecule has 0 bridgehead atoms. The van der Waals surface area contributed by atoms with Gasteiger partial charge in [0.05, 0.1) is 32.0 Å². The molecule has 1 fully saturated rings. The molecule has 0 radical (unpaired) electrons. The molecule has 1 aliphatic rings. The van der Waals surface area contributed by atoms with Crippen LogP contribution in [0.25, 0.3) is 0 Å². The minimum absolute atomic E-state index is 0.0100. The SMILES string of the molecule is CCCCC/C=C/CC/C=C/C(O)C(COC1OC(CO)C(O)C(O)C1O)NC(=O)CCCCCCCCCCCCCCCCC/C=C\C/C=C\CCCCCCCCCCCOC(=O)CCCCCCCCCCCCCCCCCCCCC. The van der Waals surface area contributed by atoms with Crippen LogP contribution in [0.3, 0.4) is 0 Å². The van der Waals surface area contributed by atoms with Gasteiger partial charge < -0.3 is 45.1 Å². The molecule has 1 rings (SSSR count). The van der Waals surface area contributed by atoms with E-state index in [1.165, 1.54) is 276 Å². The Labute approximate surface area is 536 Å². The first-order valence-corrected chi connectivity index (χ1v) is 37.4. The number of aliphatic hydroxyl groups excluding tert-OH is 5. The van der Waals surface area contributed by atoms with E-state index in [0.29, 0.717) is 19.4 Å². The second kappa shape index (κ2) is 65.1. The number of amides is 1. The summed E-state index contributed by atoms with van der Waals surface area (Å²) in [5.41, 5.74) is 0. The van der Waals surface area contributed by atoms with Crippen LogP contribution in [-0.2, 0) is 23.8 Å². The molecular weight excluding hydrogens is 1090 g/mol. The summed E-state index contributed by atoms with van der Waals surface area (Å²) in [6.45, 7) is 4.31. The largest absolute Gasteiger partial charge is 0.466 e. The predicted octanol–water partition coefficient (Wildman–Crippen LogP) is 19.5. The zero-order chi connectivity index (χ0) is 63.0. The first kappa shape index (κ1) is 82.6. The Morgan fingerprint density at radius 1 is 0.425 bits per heavy atom. The second-order valence-corrected chi connectivity index (χ2v) is 26.0.